The Hall–Kier alpha value is -0.900. The summed E-state index contributed by atoms with van der Waals surface area (Å²) in [6, 6.07) is 4.42. The Balaban J connectivity index is 1.52. The van der Waals surface area contributed by atoms with E-state index in [1.807, 2.05) is 0 Å². The van der Waals surface area contributed by atoms with Crippen LogP contribution in [0.4, 0.5) is 4.39 Å². The van der Waals surface area contributed by atoms with Crippen LogP contribution < -0.4 is 5.32 Å². The van der Waals surface area contributed by atoms with Crippen LogP contribution in [0.3, 0.4) is 0 Å². The van der Waals surface area contributed by atoms with Crippen molar-refractivity contribution >= 4 is 21.8 Å². The van der Waals surface area contributed by atoms with Crippen molar-refractivity contribution in [3.63, 3.8) is 0 Å². The lowest BCUT2D eigenvalue weighted by Gasteiger charge is -2.59. The minimum absolute atomic E-state index is 0.151. The first-order valence-electron chi connectivity index (χ1n) is 8.71. The normalized spacial score (nSPS) is 36.0. The van der Waals surface area contributed by atoms with Gasteiger partial charge in [0.15, 0.2) is 0 Å². The van der Waals surface area contributed by atoms with E-state index in [0.29, 0.717) is 10.0 Å². The lowest BCUT2D eigenvalue weighted by molar-refractivity contribution is -0.0688. The second-order valence-corrected chi connectivity index (χ2v) is 8.95. The minimum atomic E-state index is -0.374. The number of benzene rings is 1. The smallest absolute Gasteiger partial charge is 0.252 e. The molecule has 5 rings (SSSR count). The van der Waals surface area contributed by atoms with Crippen LogP contribution in [0.1, 0.15) is 55.8 Å². The molecule has 0 aliphatic heterocycles. The quantitative estimate of drug-likeness (QED) is 0.792. The Kier molecular flexibility index (Phi) is 3.79. The third kappa shape index (κ3) is 2.73. The van der Waals surface area contributed by atoms with Crippen molar-refractivity contribution in [3.05, 3.63) is 34.1 Å². The average molecular weight is 380 g/mol. The van der Waals surface area contributed by atoms with Gasteiger partial charge < -0.3 is 5.32 Å². The van der Waals surface area contributed by atoms with Gasteiger partial charge in [-0.1, -0.05) is 0 Å². The zero-order chi connectivity index (χ0) is 16.2. The largest absolute Gasteiger partial charge is 0.349 e. The molecule has 2 nitrogen and oxygen atoms in total. The van der Waals surface area contributed by atoms with Crippen molar-refractivity contribution in [1.82, 2.24) is 5.32 Å². The number of carbonyl (C=O) groups is 1. The molecular formula is C19H23BrFNO. The summed E-state index contributed by atoms with van der Waals surface area (Å²) in [6.07, 6.45) is 7.96. The van der Waals surface area contributed by atoms with Gasteiger partial charge >= 0.3 is 0 Å². The molecule has 0 aromatic heterocycles. The highest BCUT2D eigenvalue weighted by molar-refractivity contribution is 9.10. The number of halogens is 2. The van der Waals surface area contributed by atoms with E-state index in [-0.39, 0.29) is 23.2 Å². The molecule has 23 heavy (non-hydrogen) atoms. The highest BCUT2D eigenvalue weighted by Crippen LogP contribution is 2.61. The van der Waals surface area contributed by atoms with Crippen molar-refractivity contribution in [1.29, 1.82) is 0 Å². The monoisotopic (exact) mass is 379 g/mol. The molecule has 4 aliphatic rings. The van der Waals surface area contributed by atoms with Crippen molar-refractivity contribution in [3.8, 4) is 0 Å². The molecule has 0 saturated heterocycles. The fourth-order valence-electron chi connectivity index (χ4n) is 5.81. The van der Waals surface area contributed by atoms with Gasteiger partial charge in [-0.15, -0.1) is 0 Å². The summed E-state index contributed by atoms with van der Waals surface area (Å²) in [4.78, 5) is 12.6. The highest BCUT2D eigenvalue weighted by Gasteiger charge is 2.53. The summed E-state index contributed by atoms with van der Waals surface area (Å²) in [7, 11) is 0. The average Bonchev–Trinajstić information content (AvgIpc) is 2.48. The molecule has 1 atom stereocenters. The fourth-order valence-corrected chi connectivity index (χ4v) is 6.23. The number of rotatable bonds is 3. The molecule has 0 heterocycles. The highest BCUT2D eigenvalue weighted by atomic mass is 79.9. The Morgan fingerprint density at radius 1 is 1.22 bits per heavy atom. The number of amides is 1. The first-order chi connectivity index (χ1) is 10.9. The van der Waals surface area contributed by atoms with E-state index in [1.165, 1.54) is 50.7 Å². The summed E-state index contributed by atoms with van der Waals surface area (Å²) >= 11 is 3.36. The molecule has 4 saturated carbocycles. The molecule has 1 amide bonds. The van der Waals surface area contributed by atoms with Crippen LogP contribution in [0.5, 0.6) is 0 Å². The van der Waals surface area contributed by atoms with E-state index in [9.17, 15) is 9.18 Å². The predicted octanol–water partition coefficient (Wildman–Crippen LogP) is 4.92. The Labute approximate surface area is 145 Å². The van der Waals surface area contributed by atoms with E-state index in [4.69, 9.17) is 0 Å². The zero-order valence-corrected chi connectivity index (χ0v) is 15.0. The van der Waals surface area contributed by atoms with Crippen molar-refractivity contribution in [2.24, 2.45) is 23.2 Å². The first-order valence-corrected chi connectivity index (χ1v) is 9.50. The van der Waals surface area contributed by atoms with Gasteiger partial charge in [0, 0.05) is 10.5 Å². The van der Waals surface area contributed by atoms with E-state index < -0.39 is 0 Å². The van der Waals surface area contributed by atoms with Crippen LogP contribution in [0, 0.1) is 29.0 Å². The Morgan fingerprint density at radius 3 is 2.35 bits per heavy atom. The molecule has 1 N–H and O–H groups in total. The van der Waals surface area contributed by atoms with Gasteiger partial charge in [0.2, 0.25) is 0 Å². The molecule has 4 fully saturated rings. The number of carbonyl (C=O) groups excluding carboxylic acids is 1. The number of nitrogens with one attached hydrogen (secondary N) is 1. The second-order valence-electron chi connectivity index (χ2n) is 8.10. The molecular weight excluding hydrogens is 357 g/mol. The fraction of sp³-hybridized carbons (Fsp3) is 0.632. The minimum Gasteiger partial charge on any atom is -0.349 e. The maximum atomic E-state index is 13.5. The lowest BCUT2D eigenvalue weighted by Crippen LogP contribution is -2.55. The number of hydrogen-bond acceptors (Lipinski definition) is 1. The topological polar surface area (TPSA) is 29.1 Å². The van der Waals surface area contributed by atoms with Crippen LogP contribution in [0.25, 0.3) is 0 Å². The summed E-state index contributed by atoms with van der Waals surface area (Å²) in [5.74, 6) is 2.05. The van der Waals surface area contributed by atoms with Crippen LogP contribution in [-0.2, 0) is 0 Å². The Morgan fingerprint density at radius 2 is 1.78 bits per heavy atom. The van der Waals surface area contributed by atoms with Crippen molar-refractivity contribution in [2.75, 3.05) is 0 Å². The van der Waals surface area contributed by atoms with E-state index >= 15 is 0 Å². The molecule has 1 aromatic rings. The molecule has 1 aromatic carbocycles. The van der Waals surface area contributed by atoms with Gasteiger partial charge in [-0.2, -0.15) is 0 Å². The summed E-state index contributed by atoms with van der Waals surface area (Å²) in [5.41, 5.74) is 0.658. The van der Waals surface area contributed by atoms with Crippen molar-refractivity contribution in [2.45, 2.75) is 51.5 Å². The van der Waals surface area contributed by atoms with Gasteiger partial charge in [0.25, 0.3) is 5.91 Å². The summed E-state index contributed by atoms with van der Waals surface area (Å²) < 4.78 is 14.1. The van der Waals surface area contributed by atoms with Gasteiger partial charge in [-0.3, -0.25) is 4.79 Å². The maximum Gasteiger partial charge on any atom is 0.252 e. The summed E-state index contributed by atoms with van der Waals surface area (Å²) in [6.45, 7) is 2.15. The second kappa shape index (κ2) is 5.58. The SMILES string of the molecule is C[C@@H](NC(=O)c1cc(F)ccc1Br)C12CC3CC(CC(C3)C1)C2. The van der Waals surface area contributed by atoms with E-state index in [1.54, 1.807) is 6.07 Å². The molecule has 0 unspecified atom stereocenters. The van der Waals surface area contributed by atoms with E-state index in [2.05, 4.69) is 28.2 Å². The van der Waals surface area contributed by atoms with Crippen LogP contribution >= 0.6 is 15.9 Å². The van der Waals surface area contributed by atoms with Gasteiger partial charge in [-0.05, 0) is 103 Å². The van der Waals surface area contributed by atoms with Crippen LogP contribution in [0.15, 0.2) is 22.7 Å². The van der Waals surface area contributed by atoms with Crippen LogP contribution in [-0.4, -0.2) is 11.9 Å². The predicted molar refractivity (Wildman–Crippen MR) is 91.6 cm³/mol. The molecule has 124 valence electrons. The summed E-state index contributed by atoms with van der Waals surface area (Å²) in [5, 5.41) is 3.19. The maximum absolute atomic E-state index is 13.5. The molecule has 4 bridgehead atoms. The standard InChI is InChI=1S/C19H23BrFNO/c1-11(22-18(23)16-7-15(21)2-3-17(16)20)19-8-12-4-13(9-19)6-14(5-12)10-19/h2-3,7,11-14H,4-6,8-10H2,1H3,(H,22,23)/t11-,12?,13?,14?,19?/m1/s1. The van der Waals surface area contributed by atoms with Gasteiger partial charge in [0.1, 0.15) is 5.82 Å². The number of hydrogen-bond donors (Lipinski definition) is 1. The Bertz CT molecular complexity index is 609. The van der Waals surface area contributed by atoms with Crippen LogP contribution in [0.2, 0.25) is 0 Å². The first kappa shape index (κ1) is 15.6. The lowest BCUT2D eigenvalue weighted by atomic mass is 9.48. The van der Waals surface area contributed by atoms with E-state index in [0.717, 1.165) is 17.8 Å². The molecule has 0 spiro atoms. The molecule has 4 aliphatic carbocycles. The zero-order valence-electron chi connectivity index (χ0n) is 13.4. The van der Waals surface area contributed by atoms with Gasteiger partial charge in [-0.25, -0.2) is 4.39 Å². The van der Waals surface area contributed by atoms with Crippen molar-refractivity contribution < 1.29 is 9.18 Å². The third-order valence-corrected chi connectivity index (χ3v) is 7.22. The molecule has 4 heteroatoms. The van der Waals surface area contributed by atoms with Gasteiger partial charge in [0.05, 0.1) is 5.56 Å². The third-order valence-electron chi connectivity index (χ3n) is 6.52. The molecule has 0 radical (unpaired) electrons.